The number of H-pyrrole nitrogens is 1. The lowest BCUT2D eigenvalue weighted by atomic mass is 10.2. The molecule has 0 aliphatic carbocycles. The molecule has 0 spiro atoms. The molecule has 1 aromatic carbocycles. The molecule has 0 fully saturated rings. The van der Waals surface area contributed by atoms with Crippen molar-refractivity contribution >= 4 is 11.0 Å². The predicted molar refractivity (Wildman–Crippen MR) is 67.8 cm³/mol. The first-order chi connectivity index (χ1) is 8.16. The highest BCUT2D eigenvalue weighted by Crippen LogP contribution is 2.24. The fourth-order valence-electron chi connectivity index (χ4n) is 2.03. The maximum absolute atomic E-state index is 4.65. The molecule has 0 saturated carbocycles. The number of fused-ring (bicyclic) bond motifs is 1. The van der Waals surface area contributed by atoms with Crippen molar-refractivity contribution in [3.8, 4) is 11.4 Å². The van der Waals surface area contributed by atoms with Gasteiger partial charge < -0.3 is 4.98 Å². The number of aromatic amines is 1. The van der Waals surface area contributed by atoms with Crippen LogP contribution < -0.4 is 0 Å². The van der Waals surface area contributed by atoms with Gasteiger partial charge in [-0.3, -0.25) is 4.68 Å². The molecule has 0 radical (unpaired) electrons. The summed E-state index contributed by atoms with van der Waals surface area (Å²) in [6.07, 6.45) is 1.85. The summed E-state index contributed by atoms with van der Waals surface area (Å²) in [5.41, 5.74) is 5.46. The fourth-order valence-corrected chi connectivity index (χ4v) is 2.03. The number of aromatic nitrogens is 4. The van der Waals surface area contributed by atoms with Gasteiger partial charge in [0.25, 0.3) is 0 Å². The van der Waals surface area contributed by atoms with E-state index in [1.54, 1.807) is 0 Å². The van der Waals surface area contributed by atoms with Crippen LogP contribution in [0.2, 0.25) is 0 Å². The molecule has 4 heteroatoms. The molecule has 0 aliphatic rings. The second-order valence-corrected chi connectivity index (χ2v) is 4.32. The zero-order valence-corrected chi connectivity index (χ0v) is 10.2. The van der Waals surface area contributed by atoms with Gasteiger partial charge in [-0.1, -0.05) is 12.1 Å². The largest absolute Gasteiger partial charge is 0.338 e. The zero-order valence-electron chi connectivity index (χ0n) is 10.2. The highest BCUT2D eigenvalue weighted by Gasteiger charge is 2.11. The summed E-state index contributed by atoms with van der Waals surface area (Å²) in [6.45, 7) is 4.12. The van der Waals surface area contributed by atoms with Crippen molar-refractivity contribution in [1.29, 1.82) is 0 Å². The number of para-hydroxylation sites is 1. The van der Waals surface area contributed by atoms with Crippen molar-refractivity contribution in [1.82, 2.24) is 19.7 Å². The van der Waals surface area contributed by atoms with Crippen LogP contribution in [-0.4, -0.2) is 19.7 Å². The summed E-state index contributed by atoms with van der Waals surface area (Å²) in [4.78, 5) is 7.99. The van der Waals surface area contributed by atoms with Gasteiger partial charge in [-0.15, -0.1) is 0 Å². The molecule has 3 aromatic rings. The van der Waals surface area contributed by atoms with E-state index in [9.17, 15) is 0 Å². The quantitative estimate of drug-likeness (QED) is 0.693. The Balaban J connectivity index is 2.25. The van der Waals surface area contributed by atoms with Gasteiger partial charge in [0.05, 0.1) is 22.8 Å². The molecule has 86 valence electrons. The monoisotopic (exact) mass is 226 g/mol. The average Bonchev–Trinajstić information content (AvgIpc) is 2.85. The molecule has 2 heterocycles. The maximum atomic E-state index is 4.65. The lowest BCUT2D eigenvalue weighted by Crippen LogP contribution is -1.92. The van der Waals surface area contributed by atoms with Crippen molar-refractivity contribution < 1.29 is 0 Å². The van der Waals surface area contributed by atoms with Gasteiger partial charge in [-0.25, -0.2) is 4.98 Å². The molecular weight excluding hydrogens is 212 g/mol. The minimum absolute atomic E-state index is 0.889. The predicted octanol–water partition coefficient (Wildman–Crippen LogP) is 2.58. The molecule has 2 aromatic heterocycles. The summed E-state index contributed by atoms with van der Waals surface area (Å²) < 4.78 is 1.86. The molecular formula is C13H14N4. The lowest BCUT2D eigenvalue weighted by Gasteiger charge is -1.95. The van der Waals surface area contributed by atoms with Crippen molar-refractivity contribution in [2.45, 2.75) is 13.8 Å². The number of nitrogens with zero attached hydrogens (tertiary/aromatic N) is 3. The van der Waals surface area contributed by atoms with E-state index in [4.69, 9.17) is 0 Å². The van der Waals surface area contributed by atoms with Crippen molar-refractivity contribution in [3.63, 3.8) is 0 Å². The van der Waals surface area contributed by atoms with E-state index < -0.39 is 0 Å². The standard InChI is InChI=1S/C13H14N4/c1-8-5-4-6-11-12(8)16-13(15-11)10-7-14-17(3)9(10)2/h4-7H,1-3H3,(H,15,16). The van der Waals surface area contributed by atoms with Gasteiger partial charge in [0, 0.05) is 12.7 Å². The van der Waals surface area contributed by atoms with E-state index in [0.717, 1.165) is 28.1 Å². The van der Waals surface area contributed by atoms with Gasteiger partial charge in [0.15, 0.2) is 0 Å². The topological polar surface area (TPSA) is 46.5 Å². The molecule has 17 heavy (non-hydrogen) atoms. The SMILES string of the molecule is Cc1cccc2[nH]c(-c3cnn(C)c3C)nc12. The van der Waals surface area contributed by atoms with E-state index in [1.165, 1.54) is 5.56 Å². The summed E-state index contributed by atoms with van der Waals surface area (Å²) in [5, 5.41) is 4.24. The summed E-state index contributed by atoms with van der Waals surface area (Å²) in [6, 6.07) is 6.16. The first kappa shape index (κ1) is 10.1. The molecule has 4 nitrogen and oxygen atoms in total. The average molecular weight is 226 g/mol. The number of hydrogen-bond acceptors (Lipinski definition) is 2. The third-order valence-corrected chi connectivity index (χ3v) is 3.20. The Hall–Kier alpha value is -2.10. The third-order valence-electron chi connectivity index (χ3n) is 3.20. The Labute approximate surface area is 99.3 Å². The number of aryl methyl sites for hydroxylation is 2. The first-order valence-corrected chi connectivity index (χ1v) is 5.61. The van der Waals surface area contributed by atoms with Gasteiger partial charge >= 0.3 is 0 Å². The minimum Gasteiger partial charge on any atom is -0.338 e. The minimum atomic E-state index is 0.889. The van der Waals surface area contributed by atoms with Crippen LogP contribution in [-0.2, 0) is 7.05 Å². The van der Waals surface area contributed by atoms with Crippen LogP contribution in [0.3, 0.4) is 0 Å². The second-order valence-electron chi connectivity index (χ2n) is 4.32. The third kappa shape index (κ3) is 1.45. The zero-order chi connectivity index (χ0) is 12.0. The summed E-state index contributed by atoms with van der Waals surface area (Å²) in [5.74, 6) is 0.889. The molecule has 0 saturated heterocycles. The van der Waals surface area contributed by atoms with Crippen LogP contribution in [0.25, 0.3) is 22.4 Å². The number of imidazole rings is 1. The normalized spacial score (nSPS) is 11.2. The van der Waals surface area contributed by atoms with Crippen molar-refractivity contribution in [2.24, 2.45) is 7.05 Å². The Morgan fingerprint density at radius 2 is 2.06 bits per heavy atom. The summed E-state index contributed by atoms with van der Waals surface area (Å²) >= 11 is 0. The highest BCUT2D eigenvalue weighted by atomic mass is 15.3. The number of nitrogens with one attached hydrogen (secondary N) is 1. The van der Waals surface area contributed by atoms with Crippen LogP contribution in [0.15, 0.2) is 24.4 Å². The summed E-state index contributed by atoms with van der Waals surface area (Å²) in [7, 11) is 1.94. The second kappa shape index (κ2) is 3.45. The number of rotatable bonds is 1. The fraction of sp³-hybridized carbons (Fsp3) is 0.231. The molecule has 0 atom stereocenters. The van der Waals surface area contributed by atoms with E-state index in [-0.39, 0.29) is 0 Å². The Morgan fingerprint density at radius 3 is 2.71 bits per heavy atom. The number of benzene rings is 1. The van der Waals surface area contributed by atoms with E-state index in [0.29, 0.717) is 0 Å². The molecule has 0 aliphatic heterocycles. The first-order valence-electron chi connectivity index (χ1n) is 5.61. The maximum Gasteiger partial charge on any atom is 0.141 e. The Kier molecular flexibility index (Phi) is 2.04. The van der Waals surface area contributed by atoms with Crippen LogP contribution in [0.4, 0.5) is 0 Å². The lowest BCUT2D eigenvalue weighted by molar-refractivity contribution is 0.740. The van der Waals surface area contributed by atoms with Crippen LogP contribution in [0.5, 0.6) is 0 Å². The molecule has 1 N–H and O–H groups in total. The van der Waals surface area contributed by atoms with E-state index in [2.05, 4.69) is 28.1 Å². The highest BCUT2D eigenvalue weighted by molar-refractivity contribution is 5.82. The van der Waals surface area contributed by atoms with E-state index in [1.807, 2.05) is 37.0 Å². The smallest absolute Gasteiger partial charge is 0.141 e. The van der Waals surface area contributed by atoms with Gasteiger partial charge in [-0.2, -0.15) is 5.10 Å². The van der Waals surface area contributed by atoms with Crippen LogP contribution >= 0.6 is 0 Å². The number of hydrogen-bond donors (Lipinski definition) is 1. The van der Waals surface area contributed by atoms with Gasteiger partial charge in [0.2, 0.25) is 0 Å². The molecule has 0 amide bonds. The molecule has 3 rings (SSSR count). The van der Waals surface area contributed by atoms with Crippen LogP contribution in [0, 0.1) is 13.8 Å². The van der Waals surface area contributed by atoms with Gasteiger partial charge in [0.1, 0.15) is 5.82 Å². The Morgan fingerprint density at radius 1 is 1.24 bits per heavy atom. The molecule has 0 bridgehead atoms. The molecule has 0 unspecified atom stereocenters. The van der Waals surface area contributed by atoms with Crippen LogP contribution in [0.1, 0.15) is 11.3 Å². The van der Waals surface area contributed by atoms with Crippen molar-refractivity contribution in [2.75, 3.05) is 0 Å². The Bertz CT molecular complexity index is 691. The van der Waals surface area contributed by atoms with E-state index >= 15 is 0 Å². The van der Waals surface area contributed by atoms with Gasteiger partial charge in [-0.05, 0) is 25.5 Å². The van der Waals surface area contributed by atoms with Crippen molar-refractivity contribution in [3.05, 3.63) is 35.7 Å².